The first-order valence-electron chi connectivity index (χ1n) is 13.9. The second-order valence-corrected chi connectivity index (χ2v) is 13.7. The summed E-state index contributed by atoms with van der Waals surface area (Å²) in [6.07, 6.45) is 7.21. The fourth-order valence-electron chi connectivity index (χ4n) is 4.68. The van der Waals surface area contributed by atoms with E-state index in [1.54, 1.807) is 23.4 Å². The Morgan fingerprint density at radius 2 is 1.51 bits per heavy atom. The maximum Gasteiger partial charge on any atom is 1.00 e. The molecule has 0 aromatic heterocycles. The standard InChI is InChI=1S/C15H24OSi.C11H14O.C7H6O.2Li.H2/c1-4-7-11-14-13-10-8-9-12-15(13)17(5-2,6-3)16-14;1-2-3-9-11(12)10-7-5-4-6-8-10;8-6-7-4-2-1-3-5-7;;;/h8-10,12,14H,4-7,11H2,1-3H3;4-7,11H,2-3,9H2,1H3;1-6H;;;1H/q;-2;;2*+1;. The maximum absolute atomic E-state index is 11.5. The summed E-state index contributed by atoms with van der Waals surface area (Å²) >= 11 is 0. The monoisotopic (exact) mass is 532 g/mol. The number of fused-ring (bicyclic) bond motifs is 1. The van der Waals surface area contributed by atoms with Gasteiger partial charge in [0.1, 0.15) is 6.29 Å². The molecule has 4 rings (SSSR count). The molecule has 0 amide bonds. The van der Waals surface area contributed by atoms with E-state index in [1.165, 1.54) is 36.9 Å². The summed E-state index contributed by atoms with van der Waals surface area (Å²) in [5.41, 5.74) is 3.02. The van der Waals surface area contributed by atoms with Gasteiger partial charge in [0.15, 0.2) is 0 Å². The van der Waals surface area contributed by atoms with E-state index in [0.717, 1.165) is 36.7 Å². The number of carbonyl (C=O) groups excluding carboxylic acids is 1. The number of unbranched alkanes of at least 4 members (excludes halogenated alkanes) is 2. The number of hydrogen-bond acceptors (Lipinski definition) is 3. The van der Waals surface area contributed by atoms with Gasteiger partial charge in [0.25, 0.3) is 0 Å². The van der Waals surface area contributed by atoms with Crippen molar-refractivity contribution in [1.82, 2.24) is 0 Å². The Bertz CT molecular complexity index is 1020. The van der Waals surface area contributed by atoms with Gasteiger partial charge in [-0.15, -0.1) is 6.10 Å². The van der Waals surface area contributed by atoms with E-state index >= 15 is 0 Å². The third kappa shape index (κ3) is 12.0. The van der Waals surface area contributed by atoms with E-state index in [9.17, 15) is 9.90 Å². The van der Waals surface area contributed by atoms with Gasteiger partial charge in [0.2, 0.25) is 8.32 Å². The Balaban J connectivity index is 0. The SMILES string of the molecule is CCCCC([O-])c1[c-]cccc1.CCCCC1O[Si](CC)(CC)c2ccccc21.O=Cc1ccccc1.[HH].[Li+].[Li+]. The van der Waals surface area contributed by atoms with Gasteiger partial charge in [-0.25, -0.2) is 0 Å². The summed E-state index contributed by atoms with van der Waals surface area (Å²) in [5.74, 6) is 0. The smallest absolute Gasteiger partial charge is 0.850 e. The van der Waals surface area contributed by atoms with Gasteiger partial charge in [-0.05, 0) is 29.3 Å². The van der Waals surface area contributed by atoms with Gasteiger partial charge in [-0.3, -0.25) is 4.79 Å². The zero-order chi connectivity index (χ0) is 26.9. The average Bonchev–Trinajstić information content (AvgIpc) is 3.30. The molecule has 0 saturated heterocycles. The summed E-state index contributed by atoms with van der Waals surface area (Å²) in [4.78, 5) is 10.0. The molecule has 39 heavy (non-hydrogen) atoms. The number of aldehydes is 1. The molecule has 6 heteroatoms. The molecule has 202 valence electrons. The molecule has 1 heterocycles. The molecule has 1 aliphatic heterocycles. The van der Waals surface area contributed by atoms with Crippen LogP contribution in [0.1, 0.15) is 101 Å². The van der Waals surface area contributed by atoms with Crippen LogP contribution in [0.4, 0.5) is 0 Å². The van der Waals surface area contributed by atoms with E-state index in [4.69, 9.17) is 4.43 Å². The number of hydrogen-bond donors (Lipinski definition) is 0. The summed E-state index contributed by atoms with van der Waals surface area (Å²) in [7, 11) is -1.61. The molecular weight excluding hydrogens is 486 g/mol. The zero-order valence-electron chi connectivity index (χ0n) is 25.1. The molecule has 3 aromatic carbocycles. The van der Waals surface area contributed by atoms with E-state index < -0.39 is 14.4 Å². The quantitative estimate of drug-likeness (QED) is 0.228. The van der Waals surface area contributed by atoms with E-state index in [-0.39, 0.29) is 39.1 Å². The third-order valence-electron chi connectivity index (χ3n) is 6.96. The van der Waals surface area contributed by atoms with Crippen LogP contribution in [0.3, 0.4) is 0 Å². The Labute approximate surface area is 264 Å². The van der Waals surface area contributed by atoms with Crippen molar-refractivity contribution in [3.63, 3.8) is 0 Å². The predicted molar refractivity (Wildman–Crippen MR) is 158 cm³/mol. The Morgan fingerprint density at radius 3 is 2.05 bits per heavy atom. The van der Waals surface area contributed by atoms with Gasteiger partial charge in [0.05, 0.1) is 6.10 Å². The fourth-order valence-corrected chi connectivity index (χ4v) is 8.36. The first kappa shape index (κ1) is 37.7. The van der Waals surface area contributed by atoms with Crippen molar-refractivity contribution < 1.29 is 53.5 Å². The molecule has 0 bridgehead atoms. The molecule has 3 nitrogen and oxygen atoms in total. The topological polar surface area (TPSA) is 49.4 Å². The van der Waals surface area contributed by atoms with Gasteiger partial charge >= 0.3 is 37.7 Å². The van der Waals surface area contributed by atoms with Crippen LogP contribution >= 0.6 is 0 Å². The van der Waals surface area contributed by atoms with Crippen molar-refractivity contribution in [2.45, 2.75) is 90.5 Å². The molecule has 0 N–H and O–H groups in total. The number of rotatable bonds is 10. The molecule has 2 atom stereocenters. The fraction of sp³-hybridized carbons (Fsp3) is 0.424. The van der Waals surface area contributed by atoms with Gasteiger partial charge < -0.3 is 9.53 Å². The van der Waals surface area contributed by atoms with Crippen molar-refractivity contribution in [2.24, 2.45) is 0 Å². The summed E-state index contributed by atoms with van der Waals surface area (Å²) in [5, 5.41) is 13.0. The number of benzene rings is 3. The van der Waals surface area contributed by atoms with Crippen molar-refractivity contribution in [2.75, 3.05) is 0 Å². The van der Waals surface area contributed by atoms with Crippen molar-refractivity contribution in [3.05, 3.63) is 102 Å². The van der Waals surface area contributed by atoms with Gasteiger partial charge in [0, 0.05) is 6.99 Å². The van der Waals surface area contributed by atoms with Crippen LogP contribution in [0.15, 0.2) is 78.9 Å². The third-order valence-corrected chi connectivity index (χ3v) is 11.4. The minimum Gasteiger partial charge on any atom is -0.850 e. The van der Waals surface area contributed by atoms with E-state index in [0.29, 0.717) is 6.10 Å². The van der Waals surface area contributed by atoms with Crippen molar-refractivity contribution in [1.29, 1.82) is 0 Å². The molecular formula is C33H46Li2O3Si. The maximum atomic E-state index is 11.5. The minimum atomic E-state index is -1.61. The molecule has 0 radical (unpaired) electrons. The van der Waals surface area contributed by atoms with E-state index in [2.05, 4.69) is 58.0 Å². The van der Waals surface area contributed by atoms with Crippen LogP contribution in [0, 0.1) is 6.07 Å². The summed E-state index contributed by atoms with van der Waals surface area (Å²) < 4.78 is 6.56. The molecule has 3 aromatic rings. The van der Waals surface area contributed by atoms with Crippen LogP contribution in [0.5, 0.6) is 0 Å². The van der Waals surface area contributed by atoms with Gasteiger partial charge in [-0.2, -0.15) is 35.9 Å². The van der Waals surface area contributed by atoms with Crippen LogP contribution in [-0.4, -0.2) is 14.6 Å². The van der Waals surface area contributed by atoms with Crippen LogP contribution < -0.4 is 48.0 Å². The Kier molecular flexibility index (Phi) is 20.7. The summed E-state index contributed by atoms with van der Waals surface area (Å²) in [6, 6.07) is 30.9. The zero-order valence-corrected chi connectivity index (χ0v) is 26.1. The molecule has 0 fully saturated rings. The molecule has 0 saturated carbocycles. The summed E-state index contributed by atoms with van der Waals surface area (Å²) in [6.45, 7) is 8.95. The predicted octanol–water partition coefficient (Wildman–Crippen LogP) is 1.97. The first-order chi connectivity index (χ1) is 18.0. The van der Waals surface area contributed by atoms with Crippen molar-refractivity contribution in [3.8, 4) is 0 Å². The van der Waals surface area contributed by atoms with Gasteiger partial charge in [-0.1, -0.05) is 114 Å². The largest absolute Gasteiger partial charge is 1.00 e. The number of carbonyl (C=O) groups is 1. The Morgan fingerprint density at radius 1 is 0.897 bits per heavy atom. The van der Waals surface area contributed by atoms with Crippen LogP contribution in [0.2, 0.25) is 12.1 Å². The first-order valence-corrected chi connectivity index (χ1v) is 16.3. The second-order valence-electron chi connectivity index (χ2n) is 9.51. The molecule has 0 aliphatic carbocycles. The minimum absolute atomic E-state index is 0. The van der Waals surface area contributed by atoms with Crippen molar-refractivity contribution >= 4 is 19.8 Å². The molecule has 1 aliphatic rings. The molecule has 2 unspecified atom stereocenters. The van der Waals surface area contributed by atoms with Crippen LogP contribution in [-0.2, 0) is 4.43 Å². The normalized spacial score (nSPS) is 15.1. The van der Waals surface area contributed by atoms with Crippen LogP contribution in [0.25, 0.3) is 0 Å². The molecule has 0 spiro atoms. The van der Waals surface area contributed by atoms with E-state index in [1.807, 2.05) is 36.4 Å². The second kappa shape index (κ2) is 21.4. The Hall–Kier alpha value is -1.34. The average molecular weight is 533 g/mol.